The van der Waals surface area contributed by atoms with E-state index in [1.54, 1.807) is 0 Å². The van der Waals surface area contributed by atoms with E-state index in [1.807, 2.05) is 0 Å². The van der Waals surface area contributed by atoms with Crippen molar-refractivity contribution in [3.05, 3.63) is 33.8 Å². The van der Waals surface area contributed by atoms with Gasteiger partial charge in [-0.25, -0.2) is 0 Å². The molecule has 1 aromatic carbocycles. The molecule has 2 heteroatoms. The van der Waals surface area contributed by atoms with Crippen molar-refractivity contribution in [1.29, 1.82) is 0 Å². The molecule has 0 nitrogen and oxygen atoms in total. The van der Waals surface area contributed by atoms with Gasteiger partial charge in [-0.05, 0) is 36.6 Å². The Bertz CT molecular complexity index is 248. The van der Waals surface area contributed by atoms with Crippen LogP contribution in [0.4, 0.5) is 0 Å². The molecule has 0 aliphatic carbocycles. The monoisotopic (exact) mass is 290 g/mol. The van der Waals surface area contributed by atoms with Gasteiger partial charge in [-0.3, -0.25) is 0 Å². The average Bonchev–Trinajstić information content (AvgIpc) is 2.01. The van der Waals surface area contributed by atoms with Gasteiger partial charge in [0.2, 0.25) is 0 Å². The smallest absolute Gasteiger partial charge is 0.0393 e. The van der Waals surface area contributed by atoms with Crippen LogP contribution in [0.25, 0.3) is 0 Å². The van der Waals surface area contributed by atoms with Crippen LogP contribution in [0.1, 0.15) is 29.3 Å². The van der Waals surface area contributed by atoms with Gasteiger partial charge in [0.25, 0.3) is 0 Å². The van der Waals surface area contributed by atoms with E-state index in [-0.39, 0.29) is 0 Å². The number of rotatable bonds is 2. The quantitative estimate of drug-likeness (QED) is 0.699. The van der Waals surface area contributed by atoms with Crippen LogP contribution in [-0.2, 0) is 0 Å². The van der Waals surface area contributed by atoms with Crippen LogP contribution in [0.2, 0.25) is 0 Å². The lowest BCUT2D eigenvalue weighted by Gasteiger charge is -2.08. The van der Waals surface area contributed by atoms with Gasteiger partial charge in [0.05, 0.1) is 0 Å². The molecule has 0 aromatic heterocycles. The minimum atomic E-state index is 0.480. The molecule has 1 rings (SSSR count). The Morgan fingerprint density at radius 2 is 2.00 bits per heavy atom. The molecular formula is C10H12Br2. The summed E-state index contributed by atoms with van der Waals surface area (Å²) in [6.45, 7) is 4.29. The summed E-state index contributed by atoms with van der Waals surface area (Å²) in [4.78, 5) is 0.480. The number of hydrogen-bond acceptors (Lipinski definition) is 0. The van der Waals surface area contributed by atoms with Gasteiger partial charge < -0.3 is 0 Å². The first-order valence-electron chi connectivity index (χ1n) is 4.04. The van der Waals surface area contributed by atoms with E-state index in [9.17, 15) is 0 Å². The highest BCUT2D eigenvalue weighted by atomic mass is 79.9. The summed E-state index contributed by atoms with van der Waals surface area (Å²) in [5.74, 6) is 0. The van der Waals surface area contributed by atoms with Crippen molar-refractivity contribution >= 4 is 31.9 Å². The van der Waals surface area contributed by atoms with Gasteiger partial charge in [0.1, 0.15) is 0 Å². The largest absolute Gasteiger partial charge is 0.0839 e. The first-order valence-corrected chi connectivity index (χ1v) is 5.75. The van der Waals surface area contributed by atoms with Crippen molar-refractivity contribution in [2.75, 3.05) is 0 Å². The lowest BCUT2D eigenvalue weighted by atomic mass is 10.1. The van der Waals surface area contributed by atoms with Crippen molar-refractivity contribution in [2.24, 2.45) is 0 Å². The van der Waals surface area contributed by atoms with E-state index in [2.05, 4.69) is 63.9 Å². The van der Waals surface area contributed by atoms with Gasteiger partial charge in [0.15, 0.2) is 0 Å². The SMILES string of the molecule is CCC(Br)c1cc(C)cc(Br)c1. The number of benzene rings is 1. The molecule has 0 bridgehead atoms. The van der Waals surface area contributed by atoms with Crippen molar-refractivity contribution in [3.8, 4) is 0 Å². The Morgan fingerprint density at radius 1 is 1.33 bits per heavy atom. The number of hydrogen-bond donors (Lipinski definition) is 0. The third-order valence-electron chi connectivity index (χ3n) is 1.78. The molecule has 0 aliphatic heterocycles. The van der Waals surface area contributed by atoms with Gasteiger partial charge in [0, 0.05) is 9.30 Å². The normalized spacial score (nSPS) is 13.0. The summed E-state index contributed by atoms with van der Waals surface area (Å²) in [5.41, 5.74) is 2.65. The Balaban J connectivity index is 3.00. The zero-order valence-electron chi connectivity index (χ0n) is 7.27. The third kappa shape index (κ3) is 2.60. The fourth-order valence-electron chi connectivity index (χ4n) is 1.18. The van der Waals surface area contributed by atoms with Crippen LogP contribution in [-0.4, -0.2) is 0 Å². The standard InChI is InChI=1S/C10H12Br2/c1-3-10(12)8-4-7(2)5-9(11)6-8/h4-6,10H,3H2,1-2H3. The molecule has 1 unspecified atom stereocenters. The highest BCUT2D eigenvalue weighted by Crippen LogP contribution is 2.28. The highest BCUT2D eigenvalue weighted by molar-refractivity contribution is 9.10. The maximum atomic E-state index is 3.63. The van der Waals surface area contributed by atoms with E-state index in [0.717, 1.165) is 10.9 Å². The van der Waals surface area contributed by atoms with Gasteiger partial charge in [-0.2, -0.15) is 0 Å². The molecule has 0 amide bonds. The van der Waals surface area contributed by atoms with Gasteiger partial charge >= 0.3 is 0 Å². The van der Waals surface area contributed by atoms with Crippen LogP contribution < -0.4 is 0 Å². The second-order valence-corrected chi connectivity index (χ2v) is 4.96. The molecule has 0 saturated carbocycles. The second-order valence-electron chi connectivity index (χ2n) is 2.94. The topological polar surface area (TPSA) is 0 Å². The first kappa shape index (κ1) is 10.3. The predicted molar refractivity (Wildman–Crippen MR) is 60.8 cm³/mol. The summed E-state index contributed by atoms with van der Waals surface area (Å²) < 4.78 is 1.16. The molecule has 0 N–H and O–H groups in total. The highest BCUT2D eigenvalue weighted by Gasteiger charge is 2.05. The zero-order chi connectivity index (χ0) is 9.14. The lowest BCUT2D eigenvalue weighted by Crippen LogP contribution is -1.88. The van der Waals surface area contributed by atoms with Crippen molar-refractivity contribution in [3.63, 3.8) is 0 Å². The molecule has 66 valence electrons. The lowest BCUT2D eigenvalue weighted by molar-refractivity contribution is 0.909. The first-order chi connectivity index (χ1) is 5.63. The van der Waals surface area contributed by atoms with Crippen LogP contribution in [0.5, 0.6) is 0 Å². The summed E-state index contributed by atoms with van der Waals surface area (Å²) in [5, 5.41) is 0. The molecule has 0 saturated heterocycles. The fourth-order valence-corrected chi connectivity index (χ4v) is 2.07. The Morgan fingerprint density at radius 3 is 2.50 bits per heavy atom. The summed E-state index contributed by atoms with van der Waals surface area (Å²) in [6.07, 6.45) is 1.12. The summed E-state index contributed by atoms with van der Waals surface area (Å²) >= 11 is 7.12. The van der Waals surface area contributed by atoms with E-state index < -0.39 is 0 Å². The second kappa shape index (κ2) is 4.43. The summed E-state index contributed by atoms with van der Waals surface area (Å²) in [6, 6.07) is 6.50. The van der Waals surface area contributed by atoms with E-state index in [0.29, 0.717) is 4.83 Å². The van der Waals surface area contributed by atoms with Crippen LogP contribution >= 0.6 is 31.9 Å². The number of alkyl halides is 1. The van der Waals surface area contributed by atoms with E-state index >= 15 is 0 Å². The van der Waals surface area contributed by atoms with E-state index in [1.165, 1.54) is 11.1 Å². The Labute approximate surface area is 90.6 Å². The average molecular weight is 292 g/mol. The predicted octanol–water partition coefficient (Wildman–Crippen LogP) is 4.60. The van der Waals surface area contributed by atoms with Crippen LogP contribution in [0, 0.1) is 6.92 Å². The molecule has 0 aliphatic rings. The summed E-state index contributed by atoms with van der Waals surface area (Å²) in [7, 11) is 0. The van der Waals surface area contributed by atoms with Crippen LogP contribution in [0.3, 0.4) is 0 Å². The van der Waals surface area contributed by atoms with Crippen LogP contribution in [0.15, 0.2) is 22.7 Å². The maximum Gasteiger partial charge on any atom is 0.0393 e. The molecule has 0 spiro atoms. The van der Waals surface area contributed by atoms with E-state index in [4.69, 9.17) is 0 Å². The minimum Gasteiger partial charge on any atom is -0.0839 e. The molecule has 12 heavy (non-hydrogen) atoms. The molecule has 1 atom stereocenters. The fraction of sp³-hybridized carbons (Fsp3) is 0.400. The van der Waals surface area contributed by atoms with Crippen molar-refractivity contribution < 1.29 is 0 Å². The molecule has 0 fully saturated rings. The van der Waals surface area contributed by atoms with Gasteiger partial charge in [-0.15, -0.1) is 0 Å². The van der Waals surface area contributed by atoms with Gasteiger partial charge in [-0.1, -0.05) is 44.8 Å². The van der Waals surface area contributed by atoms with Crippen molar-refractivity contribution in [2.45, 2.75) is 25.1 Å². The third-order valence-corrected chi connectivity index (χ3v) is 3.42. The molecule has 0 heterocycles. The zero-order valence-corrected chi connectivity index (χ0v) is 10.4. The molecule has 0 radical (unpaired) electrons. The van der Waals surface area contributed by atoms with Crippen molar-refractivity contribution in [1.82, 2.24) is 0 Å². The number of halogens is 2. The maximum absolute atomic E-state index is 3.63. The Kier molecular flexibility index (Phi) is 3.78. The number of aryl methyl sites for hydroxylation is 1. The molecule has 1 aromatic rings. The Hall–Kier alpha value is 0.180. The minimum absolute atomic E-state index is 0.480. The molecular weight excluding hydrogens is 280 g/mol.